The molecule has 0 bridgehead atoms. The number of aryl methyl sites for hydroxylation is 1. The Balaban J connectivity index is 2.06. The lowest BCUT2D eigenvalue weighted by molar-refractivity contribution is 0.541. The fourth-order valence-electron chi connectivity index (χ4n) is 2.48. The third-order valence-corrected chi connectivity index (χ3v) is 3.30. The van der Waals surface area contributed by atoms with Crippen molar-refractivity contribution < 1.29 is 0 Å². The number of nitrogens with one attached hydrogen (secondary N) is 1. The average Bonchev–Trinajstić information content (AvgIpc) is 2.99. The van der Waals surface area contributed by atoms with Crippen molar-refractivity contribution in [1.29, 1.82) is 0 Å². The van der Waals surface area contributed by atoms with Crippen LogP contribution < -0.4 is 5.32 Å². The summed E-state index contributed by atoms with van der Waals surface area (Å²) in [5.41, 5.74) is 2.31. The van der Waals surface area contributed by atoms with Crippen molar-refractivity contribution in [2.24, 2.45) is 0 Å². The largest absolute Gasteiger partial charge is 0.324 e. The predicted octanol–water partition coefficient (Wildman–Crippen LogP) is 1.79. The van der Waals surface area contributed by atoms with Crippen molar-refractivity contribution in [1.82, 2.24) is 19.9 Å². The minimum absolute atomic E-state index is 0.521. The molecule has 88 valence electrons. The summed E-state index contributed by atoms with van der Waals surface area (Å²) in [6.07, 6.45) is 6.78. The molecule has 0 spiro atoms. The first-order valence-electron chi connectivity index (χ1n) is 6.01. The van der Waals surface area contributed by atoms with Gasteiger partial charge < -0.3 is 9.88 Å². The van der Waals surface area contributed by atoms with Crippen LogP contribution in [0.3, 0.4) is 0 Å². The smallest absolute Gasteiger partial charge is 0.141 e. The fourth-order valence-corrected chi connectivity index (χ4v) is 2.48. The molecule has 0 radical (unpaired) electrons. The Kier molecular flexibility index (Phi) is 2.65. The Labute approximate surface area is 101 Å². The first kappa shape index (κ1) is 10.5. The quantitative estimate of drug-likeness (QED) is 0.852. The van der Waals surface area contributed by atoms with Gasteiger partial charge in [0.05, 0.1) is 0 Å². The van der Waals surface area contributed by atoms with E-state index < -0.39 is 0 Å². The molecule has 0 aromatic carbocycles. The molecule has 1 aliphatic rings. The summed E-state index contributed by atoms with van der Waals surface area (Å²) >= 11 is 0. The van der Waals surface area contributed by atoms with Crippen LogP contribution in [0.4, 0.5) is 0 Å². The van der Waals surface area contributed by atoms with Crippen LogP contribution in [0.15, 0.2) is 30.7 Å². The topological polar surface area (TPSA) is 42.7 Å². The highest BCUT2D eigenvalue weighted by molar-refractivity contribution is 5.54. The summed E-state index contributed by atoms with van der Waals surface area (Å²) < 4.78 is 2.33. The summed E-state index contributed by atoms with van der Waals surface area (Å²) in [6, 6.07) is 4.54. The van der Waals surface area contributed by atoms with Crippen LogP contribution in [0.5, 0.6) is 0 Å². The van der Waals surface area contributed by atoms with Gasteiger partial charge in [0.25, 0.3) is 0 Å². The fraction of sp³-hybridized carbons (Fsp3) is 0.385. The third kappa shape index (κ3) is 1.85. The predicted molar refractivity (Wildman–Crippen MR) is 66.7 cm³/mol. The Bertz CT molecular complexity index is 497. The van der Waals surface area contributed by atoms with E-state index in [0.717, 1.165) is 24.5 Å². The molecular weight excluding hydrogens is 212 g/mol. The van der Waals surface area contributed by atoms with Crippen molar-refractivity contribution in [3.05, 3.63) is 36.4 Å². The molecule has 1 N–H and O–H groups in total. The van der Waals surface area contributed by atoms with Gasteiger partial charge in [-0.1, -0.05) is 0 Å². The van der Waals surface area contributed by atoms with E-state index in [-0.39, 0.29) is 0 Å². The molecule has 0 aliphatic carbocycles. The SMILES string of the molecule is Cc1cnc(-c2cccnc2)n1C1CCNC1. The summed E-state index contributed by atoms with van der Waals surface area (Å²) in [5, 5.41) is 3.40. The van der Waals surface area contributed by atoms with Gasteiger partial charge >= 0.3 is 0 Å². The van der Waals surface area contributed by atoms with Gasteiger partial charge in [0.15, 0.2) is 0 Å². The number of imidazole rings is 1. The van der Waals surface area contributed by atoms with Gasteiger partial charge in [-0.05, 0) is 32.0 Å². The molecule has 1 unspecified atom stereocenters. The maximum absolute atomic E-state index is 4.53. The van der Waals surface area contributed by atoms with E-state index in [1.807, 2.05) is 18.5 Å². The molecule has 0 saturated carbocycles. The van der Waals surface area contributed by atoms with Crippen LogP contribution in [0.25, 0.3) is 11.4 Å². The molecule has 4 nitrogen and oxygen atoms in total. The molecule has 1 saturated heterocycles. The Hall–Kier alpha value is -1.68. The molecule has 2 aromatic heterocycles. The first-order valence-corrected chi connectivity index (χ1v) is 6.01. The monoisotopic (exact) mass is 228 g/mol. The third-order valence-electron chi connectivity index (χ3n) is 3.30. The summed E-state index contributed by atoms with van der Waals surface area (Å²) in [5.74, 6) is 1.03. The second kappa shape index (κ2) is 4.30. The number of hydrogen-bond donors (Lipinski definition) is 1. The number of hydrogen-bond acceptors (Lipinski definition) is 3. The van der Waals surface area contributed by atoms with E-state index >= 15 is 0 Å². The van der Waals surface area contributed by atoms with E-state index in [2.05, 4.69) is 32.8 Å². The first-order chi connectivity index (χ1) is 8.36. The zero-order valence-corrected chi connectivity index (χ0v) is 9.93. The van der Waals surface area contributed by atoms with E-state index in [0.29, 0.717) is 6.04 Å². The zero-order chi connectivity index (χ0) is 11.7. The lowest BCUT2D eigenvalue weighted by atomic mass is 10.2. The molecule has 1 fully saturated rings. The molecule has 1 aliphatic heterocycles. The van der Waals surface area contributed by atoms with Gasteiger partial charge in [0.2, 0.25) is 0 Å². The molecule has 1 atom stereocenters. The van der Waals surface area contributed by atoms with Crippen molar-refractivity contribution >= 4 is 0 Å². The van der Waals surface area contributed by atoms with Crippen molar-refractivity contribution in [3.63, 3.8) is 0 Å². The number of rotatable bonds is 2. The highest BCUT2D eigenvalue weighted by atomic mass is 15.1. The number of nitrogens with zero attached hydrogens (tertiary/aromatic N) is 3. The van der Waals surface area contributed by atoms with Gasteiger partial charge in [0, 0.05) is 42.4 Å². The summed E-state index contributed by atoms with van der Waals surface area (Å²) in [7, 11) is 0. The van der Waals surface area contributed by atoms with Gasteiger partial charge in [-0.2, -0.15) is 0 Å². The Morgan fingerprint density at radius 1 is 1.41 bits per heavy atom. The van der Waals surface area contributed by atoms with E-state index in [1.54, 1.807) is 6.20 Å². The number of aromatic nitrogens is 3. The molecule has 4 heteroatoms. The molecule has 3 rings (SSSR count). The maximum atomic E-state index is 4.53. The molecule has 0 amide bonds. The average molecular weight is 228 g/mol. The van der Waals surface area contributed by atoms with E-state index in [4.69, 9.17) is 0 Å². The summed E-state index contributed by atoms with van der Waals surface area (Å²) in [4.78, 5) is 8.69. The Morgan fingerprint density at radius 3 is 3.06 bits per heavy atom. The maximum Gasteiger partial charge on any atom is 0.141 e. The molecule has 17 heavy (non-hydrogen) atoms. The highest BCUT2D eigenvalue weighted by Gasteiger charge is 2.21. The van der Waals surface area contributed by atoms with Crippen LogP contribution >= 0.6 is 0 Å². The van der Waals surface area contributed by atoms with Gasteiger partial charge in [0.1, 0.15) is 5.82 Å². The zero-order valence-electron chi connectivity index (χ0n) is 9.93. The molecule has 3 heterocycles. The number of pyridine rings is 1. The minimum atomic E-state index is 0.521. The van der Waals surface area contributed by atoms with Gasteiger partial charge in [-0.25, -0.2) is 4.98 Å². The van der Waals surface area contributed by atoms with Gasteiger partial charge in [-0.3, -0.25) is 4.98 Å². The van der Waals surface area contributed by atoms with E-state index in [1.165, 1.54) is 12.1 Å². The lowest BCUT2D eigenvalue weighted by Gasteiger charge is -2.16. The van der Waals surface area contributed by atoms with Crippen molar-refractivity contribution in [2.75, 3.05) is 13.1 Å². The van der Waals surface area contributed by atoms with Crippen molar-refractivity contribution in [2.45, 2.75) is 19.4 Å². The lowest BCUT2D eigenvalue weighted by Crippen LogP contribution is -2.15. The second-order valence-electron chi connectivity index (χ2n) is 4.48. The van der Waals surface area contributed by atoms with Crippen LogP contribution in [-0.4, -0.2) is 27.6 Å². The molecule has 2 aromatic rings. The normalized spacial score (nSPS) is 19.7. The highest BCUT2D eigenvalue weighted by Crippen LogP contribution is 2.26. The standard InChI is InChI=1S/C13H16N4/c1-10-7-16-13(11-3-2-5-14-8-11)17(10)12-4-6-15-9-12/h2-3,5,7-8,12,15H,4,6,9H2,1H3. The van der Waals surface area contributed by atoms with Crippen LogP contribution in [0.2, 0.25) is 0 Å². The second-order valence-corrected chi connectivity index (χ2v) is 4.48. The van der Waals surface area contributed by atoms with Crippen LogP contribution in [0.1, 0.15) is 18.2 Å². The van der Waals surface area contributed by atoms with Crippen LogP contribution in [0, 0.1) is 6.92 Å². The molecular formula is C13H16N4. The van der Waals surface area contributed by atoms with Gasteiger partial charge in [-0.15, -0.1) is 0 Å². The van der Waals surface area contributed by atoms with E-state index in [9.17, 15) is 0 Å². The van der Waals surface area contributed by atoms with Crippen molar-refractivity contribution in [3.8, 4) is 11.4 Å². The minimum Gasteiger partial charge on any atom is -0.324 e. The summed E-state index contributed by atoms with van der Waals surface area (Å²) in [6.45, 7) is 4.24. The van der Waals surface area contributed by atoms with Crippen LogP contribution in [-0.2, 0) is 0 Å². The Morgan fingerprint density at radius 2 is 2.35 bits per heavy atom.